The van der Waals surface area contributed by atoms with Crippen LogP contribution in [0.4, 0.5) is 13.2 Å². The number of alkyl halides is 3. The van der Waals surface area contributed by atoms with Crippen molar-refractivity contribution >= 4 is 26.1 Å². The van der Waals surface area contributed by atoms with Gasteiger partial charge in [-0.2, -0.15) is 0 Å². The molecule has 0 heterocycles. The van der Waals surface area contributed by atoms with Gasteiger partial charge in [-0.05, 0) is 0 Å². The Morgan fingerprint density at radius 1 is 0.826 bits per heavy atom. The average Bonchev–Trinajstić information content (AvgIpc) is 2.48. The van der Waals surface area contributed by atoms with Crippen LogP contribution in [0.5, 0.6) is 0 Å². The van der Waals surface area contributed by atoms with E-state index in [1.807, 2.05) is 13.0 Å². The first kappa shape index (κ1) is 20.9. The molecule has 1 aromatic carbocycles. The van der Waals surface area contributed by atoms with Crippen molar-refractivity contribution in [2.24, 2.45) is 0 Å². The molecule has 0 N–H and O–H groups in total. The quantitative estimate of drug-likeness (QED) is 0.451. The molecule has 0 fully saturated rings. The van der Waals surface area contributed by atoms with Gasteiger partial charge in [-0.25, -0.2) is 0 Å². The monoisotopic (exact) mass is 433 g/mol. The van der Waals surface area contributed by atoms with Gasteiger partial charge in [0, 0.05) is 0 Å². The molecule has 3 radical (unpaired) electrons. The summed E-state index contributed by atoms with van der Waals surface area (Å²) in [6, 6.07) is 1.84. The second-order valence-corrected chi connectivity index (χ2v) is 7.76. The van der Waals surface area contributed by atoms with Gasteiger partial charge in [-0.15, -0.1) is 0 Å². The number of benzene rings is 1. The van der Waals surface area contributed by atoms with Crippen molar-refractivity contribution in [1.29, 1.82) is 0 Å². The van der Waals surface area contributed by atoms with E-state index in [9.17, 15) is 13.2 Å². The van der Waals surface area contributed by atoms with Crippen LogP contribution in [-0.2, 0) is 25.4 Å². The summed E-state index contributed by atoms with van der Waals surface area (Å²) in [7, 11) is 0. The van der Waals surface area contributed by atoms with Crippen molar-refractivity contribution < 1.29 is 13.2 Å². The Bertz CT molecular complexity index is 492. The van der Waals surface area contributed by atoms with Crippen molar-refractivity contribution in [2.75, 3.05) is 0 Å². The van der Waals surface area contributed by atoms with Crippen LogP contribution in [0.2, 0.25) is 0 Å². The topological polar surface area (TPSA) is 0 Å². The van der Waals surface area contributed by atoms with Crippen LogP contribution >= 0.6 is 0 Å². The third-order valence-electron chi connectivity index (χ3n) is 4.29. The van der Waals surface area contributed by atoms with Gasteiger partial charge in [0.2, 0.25) is 0 Å². The Labute approximate surface area is 152 Å². The molecule has 129 valence electrons. The molecular weight excluding hydrogens is 404 g/mol. The van der Waals surface area contributed by atoms with Gasteiger partial charge in [0.1, 0.15) is 0 Å². The summed E-state index contributed by atoms with van der Waals surface area (Å²) in [5.74, 6) is 0. The summed E-state index contributed by atoms with van der Waals surface area (Å²) in [5, 5.41) is 0. The molecule has 0 aliphatic rings. The molecule has 0 unspecified atom stereocenters. The van der Waals surface area contributed by atoms with E-state index in [4.69, 9.17) is 0 Å². The molecule has 0 bridgehead atoms. The van der Waals surface area contributed by atoms with E-state index in [-0.39, 0.29) is 5.56 Å². The fraction of sp³-hybridized carbons (Fsp3) is 0.684. The van der Waals surface area contributed by atoms with Crippen molar-refractivity contribution in [2.45, 2.75) is 84.7 Å². The molecule has 0 spiro atoms. The van der Waals surface area contributed by atoms with Crippen molar-refractivity contribution in [3.8, 4) is 0 Å². The Morgan fingerprint density at radius 3 is 1.78 bits per heavy atom. The fourth-order valence-corrected chi connectivity index (χ4v) is 4.38. The average molecular weight is 432 g/mol. The molecular formula is C19H28F3Sn. The van der Waals surface area contributed by atoms with E-state index in [1.54, 1.807) is 0 Å². The predicted molar refractivity (Wildman–Crippen MR) is 92.7 cm³/mol. The molecule has 0 aliphatic carbocycles. The number of hydrogen-bond acceptors (Lipinski definition) is 0. The minimum absolute atomic E-state index is 0.324. The van der Waals surface area contributed by atoms with Crippen LogP contribution in [0.25, 0.3) is 0 Å². The van der Waals surface area contributed by atoms with Crippen LogP contribution < -0.4 is 3.58 Å². The number of rotatable bonds is 9. The zero-order chi connectivity index (χ0) is 17.5. The third-order valence-corrected chi connectivity index (χ3v) is 5.41. The van der Waals surface area contributed by atoms with E-state index in [0.717, 1.165) is 79.5 Å². The zero-order valence-corrected chi connectivity index (χ0v) is 17.4. The van der Waals surface area contributed by atoms with E-state index < -0.39 is 6.18 Å². The summed E-state index contributed by atoms with van der Waals surface area (Å²) in [4.78, 5) is 0. The van der Waals surface area contributed by atoms with Gasteiger partial charge in [-0.3, -0.25) is 0 Å². The van der Waals surface area contributed by atoms with Crippen LogP contribution in [0.1, 0.15) is 81.5 Å². The molecule has 0 amide bonds. The van der Waals surface area contributed by atoms with Gasteiger partial charge >= 0.3 is 152 Å². The Kier molecular flexibility index (Phi) is 9.02. The summed E-state index contributed by atoms with van der Waals surface area (Å²) >= 11 is 0.865. The molecule has 1 rings (SSSR count). The molecule has 1 aromatic rings. The number of unbranched alkanes of at least 4 members (excludes halogenated alkanes) is 3. The van der Waals surface area contributed by atoms with Crippen LogP contribution in [0, 0.1) is 0 Å². The van der Waals surface area contributed by atoms with Crippen molar-refractivity contribution in [3.63, 3.8) is 0 Å². The van der Waals surface area contributed by atoms with Gasteiger partial charge in [-0.1, -0.05) is 0 Å². The summed E-state index contributed by atoms with van der Waals surface area (Å²) in [6.07, 6.45) is 3.89. The van der Waals surface area contributed by atoms with Gasteiger partial charge in [0.25, 0.3) is 0 Å². The Balaban J connectivity index is 3.46. The molecule has 0 saturated heterocycles. The minimum atomic E-state index is -4.23. The first-order chi connectivity index (χ1) is 10.9. The Hall–Kier alpha value is -0.191. The predicted octanol–water partition coefficient (Wildman–Crippen LogP) is 5.53. The second kappa shape index (κ2) is 9.95. The van der Waals surface area contributed by atoms with Gasteiger partial charge in [0.05, 0.1) is 0 Å². The molecule has 0 atom stereocenters. The fourth-order valence-electron chi connectivity index (χ4n) is 3.05. The molecule has 4 heteroatoms. The Morgan fingerprint density at radius 2 is 1.30 bits per heavy atom. The van der Waals surface area contributed by atoms with E-state index >= 15 is 0 Å². The van der Waals surface area contributed by atoms with Gasteiger partial charge < -0.3 is 0 Å². The first-order valence-corrected chi connectivity index (χ1v) is 10.3. The molecule has 0 nitrogen and oxygen atoms in total. The van der Waals surface area contributed by atoms with E-state index in [2.05, 4.69) is 13.8 Å². The van der Waals surface area contributed by atoms with E-state index in [0.29, 0.717) is 15.6 Å². The molecule has 0 aliphatic heterocycles. The summed E-state index contributed by atoms with van der Waals surface area (Å²) in [5.41, 5.74) is 2.46. The molecule has 23 heavy (non-hydrogen) atoms. The summed E-state index contributed by atoms with van der Waals surface area (Å²) in [6.45, 7) is 6.27. The first-order valence-electron chi connectivity index (χ1n) is 8.83. The summed E-state index contributed by atoms with van der Waals surface area (Å²) < 4.78 is 41.4. The molecule has 0 aromatic heterocycles. The van der Waals surface area contributed by atoms with E-state index in [1.165, 1.54) is 5.56 Å². The number of halogens is 3. The standard InChI is InChI=1S/C19H28F3.Sn/c1-4-7-10-15-13-14-18(19(20,21)22)17(12-9-6-3)16(15)11-8-5-2;/h13H,4-12H2,1-3H3;. The van der Waals surface area contributed by atoms with Crippen LogP contribution in [0.15, 0.2) is 6.07 Å². The maximum atomic E-state index is 13.6. The van der Waals surface area contributed by atoms with Crippen molar-refractivity contribution in [3.05, 3.63) is 28.3 Å². The van der Waals surface area contributed by atoms with Crippen LogP contribution in [0.3, 0.4) is 0 Å². The number of aryl methyl sites for hydroxylation is 1. The van der Waals surface area contributed by atoms with Crippen LogP contribution in [-0.4, -0.2) is 22.5 Å². The maximum absolute atomic E-state index is 13.6. The van der Waals surface area contributed by atoms with Crippen molar-refractivity contribution in [1.82, 2.24) is 0 Å². The normalized spacial score (nSPS) is 12.0. The third kappa shape index (κ3) is 5.99. The number of hydrogen-bond donors (Lipinski definition) is 0. The molecule has 0 saturated carbocycles. The van der Waals surface area contributed by atoms with Gasteiger partial charge in [0.15, 0.2) is 0 Å². The SMILES string of the molecule is CCCCc1c[c]([Sn])c(C(F)(F)F)c(CCCC)c1CCCC. The zero-order valence-electron chi connectivity index (χ0n) is 14.6. The second-order valence-electron chi connectivity index (χ2n) is 6.22.